The lowest BCUT2D eigenvalue weighted by Gasteiger charge is -2.22. The van der Waals surface area contributed by atoms with Crippen molar-refractivity contribution < 1.29 is 14.4 Å². The van der Waals surface area contributed by atoms with Gasteiger partial charge in [-0.25, -0.2) is 0 Å². The number of hydrogen-bond donors (Lipinski definition) is 1. The molecule has 1 aromatic carbocycles. The molecule has 1 saturated carbocycles. The third kappa shape index (κ3) is 2.55. The van der Waals surface area contributed by atoms with E-state index in [-0.39, 0.29) is 16.8 Å². The van der Waals surface area contributed by atoms with Crippen LogP contribution in [0, 0.1) is 16.0 Å². The zero-order valence-electron chi connectivity index (χ0n) is 13.8. The van der Waals surface area contributed by atoms with Crippen LogP contribution in [0.4, 0.5) is 11.6 Å². The molecule has 1 aliphatic carbocycles. The fourth-order valence-corrected chi connectivity index (χ4v) is 4.06. The van der Waals surface area contributed by atoms with Crippen molar-refractivity contribution in [3.63, 3.8) is 0 Å². The van der Waals surface area contributed by atoms with E-state index in [2.05, 4.69) is 10.3 Å². The lowest BCUT2D eigenvalue weighted by atomic mass is 10.0. The van der Waals surface area contributed by atoms with Gasteiger partial charge in [0.15, 0.2) is 11.5 Å². The van der Waals surface area contributed by atoms with Gasteiger partial charge in [-0.3, -0.25) is 0 Å². The van der Waals surface area contributed by atoms with Crippen molar-refractivity contribution >= 4 is 27.9 Å². The quantitative estimate of drug-likeness (QED) is 0.543. The minimum absolute atomic E-state index is 0.0237. The van der Waals surface area contributed by atoms with Gasteiger partial charge < -0.3 is 24.9 Å². The molecule has 2 aromatic heterocycles. The summed E-state index contributed by atoms with van der Waals surface area (Å²) in [6, 6.07) is 5.82. The van der Waals surface area contributed by atoms with Crippen LogP contribution in [-0.2, 0) is 0 Å². The topological polar surface area (TPSA) is 90.9 Å². The Bertz CT molecular complexity index is 994. The monoisotopic (exact) mass is 372 g/mol. The van der Waals surface area contributed by atoms with Gasteiger partial charge >= 0.3 is 5.82 Å². The number of rotatable bonds is 5. The average molecular weight is 372 g/mol. The number of ether oxygens (including phenoxy) is 2. The second-order valence-corrected chi connectivity index (χ2v) is 7.33. The molecule has 1 unspecified atom stereocenters. The number of fused-ring (bicyclic) bond motifs is 2. The van der Waals surface area contributed by atoms with Crippen molar-refractivity contribution in [3.05, 3.63) is 45.5 Å². The smallest absolute Gasteiger partial charge is 0.372 e. The van der Waals surface area contributed by atoms with Gasteiger partial charge in [-0.15, -0.1) is 0 Å². The normalized spacial score (nSPS) is 17.2. The summed E-state index contributed by atoms with van der Waals surface area (Å²) in [6.45, 7) is 1.08. The van der Waals surface area contributed by atoms with Crippen molar-refractivity contribution in [2.75, 3.05) is 18.5 Å². The Labute approximate surface area is 152 Å². The third-order valence-electron chi connectivity index (χ3n) is 4.72. The number of hydrogen-bond acceptors (Lipinski definition) is 7. The molecule has 134 valence electrons. The van der Waals surface area contributed by atoms with E-state index in [1.807, 2.05) is 18.2 Å². The van der Waals surface area contributed by atoms with Crippen LogP contribution in [0.15, 0.2) is 29.8 Å². The summed E-state index contributed by atoms with van der Waals surface area (Å²) in [6.07, 6.45) is 3.84. The molecule has 0 spiro atoms. The van der Waals surface area contributed by atoms with Crippen LogP contribution in [0.3, 0.4) is 0 Å². The minimum atomic E-state index is -0.386. The Morgan fingerprint density at radius 1 is 1.31 bits per heavy atom. The van der Waals surface area contributed by atoms with Gasteiger partial charge in [-0.05, 0) is 41.4 Å². The van der Waals surface area contributed by atoms with Gasteiger partial charge in [-0.1, -0.05) is 17.4 Å². The molecular formula is C17H16N4O4S. The predicted molar refractivity (Wildman–Crippen MR) is 96.2 cm³/mol. The molecule has 1 aliphatic heterocycles. The van der Waals surface area contributed by atoms with Gasteiger partial charge in [0.1, 0.15) is 19.4 Å². The Balaban J connectivity index is 1.52. The first-order chi connectivity index (χ1) is 12.7. The van der Waals surface area contributed by atoms with Crippen molar-refractivity contribution in [2.24, 2.45) is 5.92 Å². The van der Waals surface area contributed by atoms with Crippen LogP contribution < -0.4 is 14.8 Å². The molecule has 0 saturated heterocycles. The van der Waals surface area contributed by atoms with Crippen LogP contribution in [0.5, 0.6) is 11.5 Å². The number of anilines is 1. The van der Waals surface area contributed by atoms with E-state index in [1.165, 1.54) is 15.7 Å². The number of imidazole rings is 1. The first-order valence-electron chi connectivity index (χ1n) is 8.47. The Morgan fingerprint density at radius 2 is 2.12 bits per heavy atom. The predicted octanol–water partition coefficient (Wildman–Crippen LogP) is 3.64. The first-order valence-corrected chi connectivity index (χ1v) is 9.35. The summed E-state index contributed by atoms with van der Waals surface area (Å²) in [5.41, 5.74) is 1.03. The molecule has 0 bridgehead atoms. The number of aromatic nitrogens is 2. The average Bonchev–Trinajstić information content (AvgIpc) is 3.28. The van der Waals surface area contributed by atoms with Crippen LogP contribution in [-0.4, -0.2) is 27.5 Å². The van der Waals surface area contributed by atoms with Crippen LogP contribution in [0.2, 0.25) is 0 Å². The maximum absolute atomic E-state index is 11.6. The fourth-order valence-electron chi connectivity index (χ4n) is 3.35. The number of thiazole rings is 1. The van der Waals surface area contributed by atoms with Gasteiger partial charge in [0.25, 0.3) is 4.96 Å². The molecule has 8 nitrogen and oxygen atoms in total. The fraction of sp³-hybridized carbons (Fsp3) is 0.353. The maximum Gasteiger partial charge on any atom is 0.372 e. The van der Waals surface area contributed by atoms with Crippen molar-refractivity contribution in [1.29, 1.82) is 0 Å². The summed E-state index contributed by atoms with van der Waals surface area (Å²) in [7, 11) is 0. The lowest BCUT2D eigenvalue weighted by molar-refractivity contribution is -0.389. The molecule has 3 aromatic rings. The zero-order valence-corrected chi connectivity index (χ0v) is 14.6. The van der Waals surface area contributed by atoms with Crippen molar-refractivity contribution in [3.8, 4) is 11.5 Å². The van der Waals surface area contributed by atoms with Gasteiger partial charge in [0.05, 0.1) is 6.04 Å². The second kappa shape index (κ2) is 5.87. The molecule has 1 N–H and O–H groups in total. The molecule has 2 aliphatic rings. The van der Waals surface area contributed by atoms with Crippen LogP contribution in [0.1, 0.15) is 24.4 Å². The van der Waals surface area contributed by atoms with Gasteiger partial charge in [0.2, 0.25) is 5.82 Å². The van der Waals surface area contributed by atoms with Crippen LogP contribution >= 0.6 is 11.3 Å². The lowest BCUT2D eigenvalue weighted by Crippen LogP contribution is -2.17. The Hall–Kier alpha value is -2.81. The summed E-state index contributed by atoms with van der Waals surface area (Å²) < 4.78 is 12.8. The maximum atomic E-state index is 11.6. The summed E-state index contributed by atoms with van der Waals surface area (Å²) in [5, 5.41) is 16.7. The minimum Gasteiger partial charge on any atom is -0.486 e. The van der Waals surface area contributed by atoms with Crippen molar-refractivity contribution in [2.45, 2.75) is 18.9 Å². The molecule has 9 heteroatoms. The molecule has 1 atom stereocenters. The molecule has 5 rings (SSSR count). The highest BCUT2D eigenvalue weighted by atomic mass is 32.1. The first kappa shape index (κ1) is 15.4. The largest absolute Gasteiger partial charge is 0.486 e. The Kier molecular flexibility index (Phi) is 3.49. The summed E-state index contributed by atoms with van der Waals surface area (Å²) >= 11 is 1.38. The number of benzene rings is 1. The van der Waals surface area contributed by atoms with E-state index in [0.29, 0.717) is 29.9 Å². The standard InChI is InChI=1S/C17H16N4O4S/c22-21(23)16-15(19-17-20(16)5-8-26-17)18-14(10-1-2-10)11-3-4-12-13(9-11)25-7-6-24-12/h3-5,8-10,14,18H,1-2,6-7H2. The second-order valence-electron chi connectivity index (χ2n) is 6.46. The molecule has 0 amide bonds. The molecule has 1 fully saturated rings. The summed E-state index contributed by atoms with van der Waals surface area (Å²) in [4.78, 5) is 16.2. The molecular weight excluding hydrogens is 356 g/mol. The highest BCUT2D eigenvalue weighted by molar-refractivity contribution is 7.15. The van der Waals surface area contributed by atoms with E-state index in [0.717, 1.165) is 29.9 Å². The van der Waals surface area contributed by atoms with E-state index in [1.54, 1.807) is 11.6 Å². The number of nitro groups is 1. The van der Waals surface area contributed by atoms with E-state index in [4.69, 9.17) is 9.47 Å². The van der Waals surface area contributed by atoms with Crippen molar-refractivity contribution in [1.82, 2.24) is 9.38 Å². The van der Waals surface area contributed by atoms with Crippen LogP contribution in [0.25, 0.3) is 4.96 Å². The number of nitrogens with zero attached hydrogens (tertiary/aromatic N) is 3. The summed E-state index contributed by atoms with van der Waals surface area (Å²) in [5.74, 6) is 2.18. The van der Waals surface area contributed by atoms with E-state index >= 15 is 0 Å². The SMILES string of the molecule is O=[N+]([O-])c1c(NC(c2ccc3c(c2)OCCO3)C2CC2)nc2sccn12. The molecule has 3 heterocycles. The van der Waals surface area contributed by atoms with Gasteiger partial charge in [-0.2, -0.15) is 9.38 Å². The number of nitrogens with one attached hydrogen (secondary N) is 1. The van der Waals surface area contributed by atoms with E-state index < -0.39 is 0 Å². The molecule has 0 radical (unpaired) electrons. The van der Waals surface area contributed by atoms with Gasteiger partial charge in [0, 0.05) is 5.38 Å². The Morgan fingerprint density at radius 3 is 2.88 bits per heavy atom. The highest BCUT2D eigenvalue weighted by Gasteiger charge is 2.36. The highest BCUT2D eigenvalue weighted by Crippen LogP contribution is 2.45. The third-order valence-corrected chi connectivity index (χ3v) is 5.48. The van der Waals surface area contributed by atoms with E-state index in [9.17, 15) is 10.1 Å². The molecule has 26 heavy (non-hydrogen) atoms. The zero-order chi connectivity index (χ0) is 17.7.